The van der Waals surface area contributed by atoms with Crippen LogP contribution >= 0.6 is 0 Å². The minimum absolute atomic E-state index is 0.123. The van der Waals surface area contributed by atoms with Gasteiger partial charge in [-0.15, -0.1) is 0 Å². The summed E-state index contributed by atoms with van der Waals surface area (Å²) in [5.74, 6) is -1.19. The lowest BCUT2D eigenvalue weighted by Gasteiger charge is -2.38. The number of piperazine rings is 1. The maximum Gasteiger partial charge on any atom is 0.331 e. The van der Waals surface area contributed by atoms with Crippen LogP contribution in [0.3, 0.4) is 0 Å². The largest absolute Gasteiger partial charge is 0.478 e. The first kappa shape index (κ1) is 13.7. The molecule has 1 atom stereocenters. The predicted octanol–water partition coefficient (Wildman–Crippen LogP) is 0.570. The van der Waals surface area contributed by atoms with Crippen LogP contribution in [0.1, 0.15) is 20.8 Å². The topological polar surface area (TPSA) is 60.9 Å². The highest BCUT2D eigenvalue weighted by Gasteiger charge is 2.27. The first-order chi connectivity index (χ1) is 7.84. The molecule has 96 valence electrons. The monoisotopic (exact) mass is 240 g/mol. The average molecular weight is 240 g/mol. The third-order valence-corrected chi connectivity index (χ3v) is 3.30. The van der Waals surface area contributed by atoms with Crippen LogP contribution in [0.15, 0.2) is 11.1 Å². The summed E-state index contributed by atoms with van der Waals surface area (Å²) in [4.78, 5) is 26.9. The Kier molecular flexibility index (Phi) is 4.28. The van der Waals surface area contributed by atoms with E-state index < -0.39 is 5.97 Å². The van der Waals surface area contributed by atoms with E-state index in [1.54, 1.807) is 11.8 Å². The molecule has 0 saturated carbocycles. The van der Waals surface area contributed by atoms with Crippen molar-refractivity contribution < 1.29 is 14.7 Å². The number of likely N-dealkylation sites (N-methyl/N-ethyl adjacent to an activating group) is 1. The molecule has 1 fully saturated rings. The number of nitrogens with zero attached hydrogens (tertiary/aromatic N) is 2. The second kappa shape index (κ2) is 5.31. The van der Waals surface area contributed by atoms with Crippen molar-refractivity contribution in [2.24, 2.45) is 0 Å². The van der Waals surface area contributed by atoms with Gasteiger partial charge in [0.05, 0.1) is 0 Å². The van der Waals surface area contributed by atoms with Gasteiger partial charge in [-0.3, -0.25) is 4.79 Å². The minimum atomic E-state index is -1.03. The number of aliphatic carboxylic acids is 1. The Morgan fingerprint density at radius 1 is 1.18 bits per heavy atom. The minimum Gasteiger partial charge on any atom is -0.478 e. The van der Waals surface area contributed by atoms with Gasteiger partial charge in [0.1, 0.15) is 0 Å². The average Bonchev–Trinajstić information content (AvgIpc) is 2.26. The summed E-state index contributed by atoms with van der Waals surface area (Å²) >= 11 is 0. The first-order valence-electron chi connectivity index (χ1n) is 5.75. The van der Waals surface area contributed by atoms with Crippen LogP contribution in [0.5, 0.6) is 0 Å². The maximum absolute atomic E-state index is 12.1. The van der Waals surface area contributed by atoms with E-state index in [1.807, 2.05) is 14.0 Å². The fraction of sp³-hybridized carbons (Fsp3) is 0.667. The molecule has 0 aromatic rings. The normalized spacial score (nSPS) is 23.3. The molecule has 5 heteroatoms. The van der Waals surface area contributed by atoms with Crippen molar-refractivity contribution in [1.82, 2.24) is 9.80 Å². The molecular formula is C12H20N2O3. The van der Waals surface area contributed by atoms with E-state index in [4.69, 9.17) is 5.11 Å². The lowest BCUT2D eigenvalue weighted by molar-refractivity contribution is -0.135. The van der Waals surface area contributed by atoms with Gasteiger partial charge in [-0.1, -0.05) is 0 Å². The van der Waals surface area contributed by atoms with Gasteiger partial charge in [-0.05, 0) is 27.8 Å². The number of carboxylic acids is 1. The summed E-state index contributed by atoms with van der Waals surface area (Å²) in [6, 6.07) is 0.123. The molecule has 1 aliphatic heterocycles. The van der Waals surface area contributed by atoms with E-state index in [0.29, 0.717) is 12.1 Å². The van der Waals surface area contributed by atoms with Crippen molar-refractivity contribution in [2.45, 2.75) is 26.8 Å². The predicted molar refractivity (Wildman–Crippen MR) is 64.7 cm³/mol. The summed E-state index contributed by atoms with van der Waals surface area (Å²) in [6.07, 6.45) is 0. The molecule has 0 bridgehead atoms. The second-order valence-corrected chi connectivity index (χ2v) is 4.66. The molecule has 1 rings (SSSR count). The second-order valence-electron chi connectivity index (χ2n) is 4.66. The summed E-state index contributed by atoms with van der Waals surface area (Å²) in [5, 5.41) is 8.87. The van der Waals surface area contributed by atoms with Gasteiger partial charge in [-0.25, -0.2) is 4.79 Å². The molecule has 1 unspecified atom stereocenters. The van der Waals surface area contributed by atoms with E-state index in [9.17, 15) is 9.59 Å². The van der Waals surface area contributed by atoms with Crippen LogP contribution in [-0.2, 0) is 9.59 Å². The quantitative estimate of drug-likeness (QED) is 0.717. The lowest BCUT2D eigenvalue weighted by Crippen LogP contribution is -2.53. The Hall–Kier alpha value is -1.36. The van der Waals surface area contributed by atoms with Crippen LogP contribution in [0, 0.1) is 0 Å². The van der Waals surface area contributed by atoms with Crippen LogP contribution in [0.25, 0.3) is 0 Å². The highest BCUT2D eigenvalue weighted by Crippen LogP contribution is 2.14. The van der Waals surface area contributed by atoms with Crippen LogP contribution in [-0.4, -0.2) is 59.5 Å². The zero-order valence-electron chi connectivity index (χ0n) is 10.9. The van der Waals surface area contributed by atoms with E-state index in [1.165, 1.54) is 6.92 Å². The SMILES string of the molecule is CC(C(=O)O)=C(C)C(=O)N1CCN(C)CC1C. The Balaban J connectivity index is 2.84. The molecular weight excluding hydrogens is 220 g/mol. The van der Waals surface area contributed by atoms with Crippen molar-refractivity contribution in [1.29, 1.82) is 0 Å². The molecule has 1 amide bonds. The third kappa shape index (κ3) is 3.06. The van der Waals surface area contributed by atoms with Gasteiger partial charge in [0, 0.05) is 36.8 Å². The maximum atomic E-state index is 12.1. The lowest BCUT2D eigenvalue weighted by atomic mass is 10.1. The molecule has 0 aliphatic carbocycles. The molecule has 0 radical (unpaired) electrons. The van der Waals surface area contributed by atoms with Gasteiger partial charge in [0.15, 0.2) is 0 Å². The van der Waals surface area contributed by atoms with E-state index >= 15 is 0 Å². The fourth-order valence-corrected chi connectivity index (χ4v) is 1.98. The smallest absolute Gasteiger partial charge is 0.331 e. The molecule has 0 aromatic carbocycles. The standard InChI is InChI=1S/C12H20N2O3/c1-8-7-13(4)5-6-14(8)11(15)9(2)10(3)12(16)17/h8H,5-7H2,1-4H3,(H,16,17). The zero-order chi connectivity index (χ0) is 13.2. The summed E-state index contributed by atoms with van der Waals surface area (Å²) in [7, 11) is 2.02. The van der Waals surface area contributed by atoms with Gasteiger partial charge in [0.25, 0.3) is 0 Å². The zero-order valence-corrected chi connectivity index (χ0v) is 10.9. The number of carbonyl (C=O) groups excluding carboxylic acids is 1. The molecule has 1 heterocycles. The van der Waals surface area contributed by atoms with Gasteiger partial charge in [-0.2, -0.15) is 0 Å². The van der Waals surface area contributed by atoms with Gasteiger partial charge in [0.2, 0.25) is 5.91 Å². The van der Waals surface area contributed by atoms with Crippen LogP contribution in [0.2, 0.25) is 0 Å². The Morgan fingerprint density at radius 3 is 2.24 bits per heavy atom. The number of hydrogen-bond acceptors (Lipinski definition) is 3. The van der Waals surface area contributed by atoms with E-state index in [2.05, 4.69) is 4.90 Å². The van der Waals surface area contributed by atoms with Crippen molar-refractivity contribution in [3.05, 3.63) is 11.1 Å². The molecule has 1 aliphatic rings. The molecule has 17 heavy (non-hydrogen) atoms. The van der Waals surface area contributed by atoms with Crippen molar-refractivity contribution in [2.75, 3.05) is 26.7 Å². The first-order valence-corrected chi connectivity index (χ1v) is 5.75. The van der Waals surface area contributed by atoms with E-state index in [-0.39, 0.29) is 17.5 Å². The van der Waals surface area contributed by atoms with E-state index in [0.717, 1.165) is 13.1 Å². The van der Waals surface area contributed by atoms with Gasteiger partial charge < -0.3 is 14.9 Å². The number of amides is 1. The molecule has 1 saturated heterocycles. The summed E-state index contributed by atoms with van der Waals surface area (Å²) in [5.41, 5.74) is 0.454. The van der Waals surface area contributed by atoms with Crippen molar-refractivity contribution >= 4 is 11.9 Å². The number of rotatable bonds is 2. The molecule has 0 aromatic heterocycles. The number of carboxylic acid groups (broad SMARTS) is 1. The number of hydrogen-bond donors (Lipinski definition) is 1. The van der Waals surface area contributed by atoms with Crippen LogP contribution < -0.4 is 0 Å². The van der Waals surface area contributed by atoms with Crippen LogP contribution in [0.4, 0.5) is 0 Å². The Morgan fingerprint density at radius 2 is 1.76 bits per heavy atom. The number of carbonyl (C=O) groups is 2. The highest BCUT2D eigenvalue weighted by molar-refractivity contribution is 6.01. The van der Waals surface area contributed by atoms with Crippen molar-refractivity contribution in [3.63, 3.8) is 0 Å². The third-order valence-electron chi connectivity index (χ3n) is 3.30. The molecule has 0 spiro atoms. The molecule has 1 N–H and O–H groups in total. The molecule has 5 nitrogen and oxygen atoms in total. The van der Waals surface area contributed by atoms with Crippen molar-refractivity contribution in [3.8, 4) is 0 Å². The van der Waals surface area contributed by atoms with Gasteiger partial charge >= 0.3 is 5.97 Å². The summed E-state index contributed by atoms with van der Waals surface area (Å²) < 4.78 is 0. The fourth-order valence-electron chi connectivity index (χ4n) is 1.98. The highest BCUT2D eigenvalue weighted by atomic mass is 16.4. The Labute approximate surface area is 102 Å². The summed E-state index contributed by atoms with van der Waals surface area (Å²) in [6.45, 7) is 7.34. The Bertz CT molecular complexity index is 363.